The maximum Gasteiger partial charge on any atom is 0.306 e. The molecule has 3 heterocycles. The predicted octanol–water partition coefficient (Wildman–Crippen LogP) is 3.72. The van der Waals surface area contributed by atoms with Gasteiger partial charge in [0.1, 0.15) is 5.65 Å². The zero-order chi connectivity index (χ0) is 25.9. The van der Waals surface area contributed by atoms with Crippen LogP contribution in [-0.2, 0) is 11.3 Å². The zero-order valence-corrected chi connectivity index (χ0v) is 21.9. The van der Waals surface area contributed by atoms with Gasteiger partial charge in [-0.05, 0) is 56.2 Å². The van der Waals surface area contributed by atoms with E-state index in [2.05, 4.69) is 40.1 Å². The van der Waals surface area contributed by atoms with Crippen molar-refractivity contribution in [2.75, 3.05) is 45.1 Å². The van der Waals surface area contributed by atoms with Gasteiger partial charge < -0.3 is 15.3 Å². The Labute approximate surface area is 217 Å². The summed E-state index contributed by atoms with van der Waals surface area (Å²) in [6.07, 6.45) is 6.37. The Kier molecular flexibility index (Phi) is 7.71. The number of anilines is 1. The van der Waals surface area contributed by atoms with Crippen LogP contribution in [0.15, 0.2) is 29.2 Å². The largest absolute Gasteiger partial charge is 0.481 e. The summed E-state index contributed by atoms with van der Waals surface area (Å²) in [5.41, 5.74) is 1.73. The minimum atomic E-state index is -0.743. The molecule has 1 aliphatic heterocycles. The summed E-state index contributed by atoms with van der Waals surface area (Å²) in [6, 6.07) is 6.14. The first kappa shape index (κ1) is 25.6. The fourth-order valence-electron chi connectivity index (χ4n) is 5.72. The number of carbonyl (C=O) groups is 1. The minimum Gasteiger partial charge on any atom is -0.481 e. The van der Waals surface area contributed by atoms with Crippen molar-refractivity contribution in [1.29, 1.82) is 0 Å². The highest BCUT2D eigenvalue weighted by molar-refractivity contribution is 6.04. The van der Waals surface area contributed by atoms with Gasteiger partial charge in [0, 0.05) is 62.3 Å². The first-order valence-corrected chi connectivity index (χ1v) is 13.7. The molecule has 0 atom stereocenters. The quantitative estimate of drug-likeness (QED) is 0.352. The van der Waals surface area contributed by atoms with Gasteiger partial charge in [0.2, 0.25) is 5.95 Å². The molecule has 1 aliphatic carbocycles. The molecule has 0 spiro atoms. The van der Waals surface area contributed by atoms with Gasteiger partial charge >= 0.3 is 5.97 Å². The first-order chi connectivity index (χ1) is 17.9. The van der Waals surface area contributed by atoms with E-state index in [1.54, 1.807) is 0 Å². The Morgan fingerprint density at radius 3 is 2.54 bits per heavy atom. The number of nitrogens with zero attached hydrogens (tertiary/aromatic N) is 5. The highest BCUT2D eigenvalue weighted by Gasteiger charge is 2.29. The number of nitrogens with one attached hydrogen (secondary N) is 1. The Morgan fingerprint density at radius 2 is 1.84 bits per heavy atom. The van der Waals surface area contributed by atoms with Gasteiger partial charge in [-0.3, -0.25) is 19.1 Å². The van der Waals surface area contributed by atoms with Gasteiger partial charge in [-0.25, -0.2) is 4.98 Å². The number of fused-ring (bicyclic) bond motifs is 3. The van der Waals surface area contributed by atoms with Crippen molar-refractivity contribution in [2.45, 2.75) is 58.0 Å². The zero-order valence-electron chi connectivity index (χ0n) is 21.9. The van der Waals surface area contributed by atoms with E-state index >= 15 is 0 Å². The lowest BCUT2D eigenvalue weighted by molar-refractivity contribution is -0.143. The summed E-state index contributed by atoms with van der Waals surface area (Å²) in [7, 11) is 2.15. The second-order valence-electron chi connectivity index (χ2n) is 10.7. The smallest absolute Gasteiger partial charge is 0.306 e. The molecular formula is C28H38N6O3. The van der Waals surface area contributed by atoms with E-state index in [0.717, 1.165) is 68.4 Å². The highest BCUT2D eigenvalue weighted by atomic mass is 16.4. The van der Waals surface area contributed by atoms with Gasteiger partial charge in [-0.15, -0.1) is 0 Å². The number of unbranched alkanes of at least 4 members (excludes halogenated alkanes) is 1. The number of benzene rings is 1. The van der Waals surface area contributed by atoms with Gasteiger partial charge in [0.05, 0.1) is 5.92 Å². The van der Waals surface area contributed by atoms with Crippen LogP contribution in [0.25, 0.3) is 21.8 Å². The van der Waals surface area contributed by atoms with Crippen LogP contribution in [0.5, 0.6) is 0 Å². The summed E-state index contributed by atoms with van der Waals surface area (Å²) in [4.78, 5) is 39.8. The van der Waals surface area contributed by atoms with E-state index in [1.165, 1.54) is 0 Å². The molecule has 1 saturated heterocycles. The molecule has 198 valence electrons. The first-order valence-electron chi connectivity index (χ1n) is 13.7. The number of aliphatic carboxylic acids is 1. The van der Waals surface area contributed by atoms with Crippen LogP contribution in [-0.4, -0.2) is 75.2 Å². The van der Waals surface area contributed by atoms with Crippen LogP contribution in [0, 0.1) is 5.92 Å². The van der Waals surface area contributed by atoms with Crippen LogP contribution >= 0.6 is 0 Å². The van der Waals surface area contributed by atoms with Crippen LogP contribution in [0.3, 0.4) is 0 Å². The van der Waals surface area contributed by atoms with E-state index in [0.29, 0.717) is 42.7 Å². The summed E-state index contributed by atoms with van der Waals surface area (Å²) in [6.45, 7) is 7.88. The van der Waals surface area contributed by atoms with Crippen molar-refractivity contribution in [3.63, 3.8) is 0 Å². The number of piperazine rings is 1. The summed E-state index contributed by atoms with van der Waals surface area (Å²) in [5, 5.41) is 15.2. The normalized spacial score (nSPS) is 21.5. The third kappa shape index (κ3) is 5.48. The van der Waals surface area contributed by atoms with Gasteiger partial charge in [0.25, 0.3) is 5.56 Å². The average Bonchev–Trinajstić information content (AvgIpc) is 2.90. The molecule has 0 amide bonds. The average molecular weight is 507 g/mol. The number of likely N-dealkylation sites (N-methyl/N-ethyl adjacent to an activating group) is 1. The lowest BCUT2D eigenvalue weighted by atomic mass is 9.85. The summed E-state index contributed by atoms with van der Waals surface area (Å²) in [5.74, 6) is -0.554. The third-order valence-electron chi connectivity index (χ3n) is 8.05. The van der Waals surface area contributed by atoms with E-state index < -0.39 is 5.97 Å². The molecule has 5 rings (SSSR count). The van der Waals surface area contributed by atoms with Crippen molar-refractivity contribution in [3.8, 4) is 0 Å². The Balaban J connectivity index is 1.56. The molecule has 2 fully saturated rings. The van der Waals surface area contributed by atoms with Crippen LogP contribution in [0.1, 0.15) is 57.1 Å². The van der Waals surface area contributed by atoms with Crippen molar-refractivity contribution in [1.82, 2.24) is 24.3 Å². The summed E-state index contributed by atoms with van der Waals surface area (Å²) >= 11 is 0. The van der Waals surface area contributed by atoms with Crippen LogP contribution in [0.2, 0.25) is 0 Å². The lowest BCUT2D eigenvalue weighted by Gasteiger charge is -2.32. The van der Waals surface area contributed by atoms with Crippen molar-refractivity contribution in [2.24, 2.45) is 5.92 Å². The number of carboxylic acids is 1. The molecule has 0 radical (unpaired) electrons. The Morgan fingerprint density at radius 1 is 1.08 bits per heavy atom. The van der Waals surface area contributed by atoms with E-state index in [-0.39, 0.29) is 17.5 Å². The maximum absolute atomic E-state index is 14.1. The monoisotopic (exact) mass is 506 g/mol. The number of hydrogen-bond acceptors (Lipinski definition) is 7. The molecule has 2 N–H and O–H groups in total. The topological polar surface area (TPSA) is 104 Å². The number of hydrogen-bond donors (Lipinski definition) is 2. The molecule has 0 unspecified atom stereocenters. The van der Waals surface area contributed by atoms with Gasteiger partial charge in [-0.1, -0.05) is 25.5 Å². The fourth-order valence-corrected chi connectivity index (χ4v) is 5.72. The SMILES string of the molecule is CCCCNc1ncc2c3ccc(CN4CCN(C)CC4)cc3c(=O)n([C@H]3CC[C@H](C(=O)O)CC3)c2n1. The van der Waals surface area contributed by atoms with Crippen LogP contribution in [0.4, 0.5) is 5.95 Å². The number of carboxylic acid groups (broad SMARTS) is 1. The highest BCUT2D eigenvalue weighted by Crippen LogP contribution is 2.34. The molecular weight excluding hydrogens is 468 g/mol. The predicted molar refractivity (Wildman–Crippen MR) is 146 cm³/mol. The molecule has 2 aromatic heterocycles. The van der Waals surface area contributed by atoms with Crippen molar-refractivity contribution >= 4 is 33.7 Å². The van der Waals surface area contributed by atoms with Crippen molar-refractivity contribution in [3.05, 3.63) is 40.3 Å². The van der Waals surface area contributed by atoms with Crippen LogP contribution < -0.4 is 10.9 Å². The Bertz CT molecular complexity index is 1320. The summed E-state index contributed by atoms with van der Waals surface area (Å²) < 4.78 is 1.84. The molecule has 1 saturated carbocycles. The van der Waals surface area contributed by atoms with E-state index in [4.69, 9.17) is 4.98 Å². The van der Waals surface area contributed by atoms with Crippen molar-refractivity contribution < 1.29 is 9.90 Å². The molecule has 9 heteroatoms. The Hall–Kier alpha value is -3.04. The second kappa shape index (κ2) is 11.1. The molecule has 1 aromatic carbocycles. The standard InChI is InChI=1S/C28H38N6O3/c1-3-4-11-29-28-30-17-24-22-10-5-19(18-33-14-12-32(2)13-15-33)16-23(22)26(35)34(25(24)31-28)21-8-6-20(7-9-21)27(36)37/h5,10,16-17,20-21H,3-4,6-9,11-15,18H2,1-2H3,(H,36,37)(H,29,30,31)/t20-,21-. The molecule has 3 aromatic rings. The number of pyridine rings is 1. The number of aromatic nitrogens is 3. The second-order valence-corrected chi connectivity index (χ2v) is 10.7. The lowest BCUT2D eigenvalue weighted by Crippen LogP contribution is -2.43. The van der Waals surface area contributed by atoms with E-state index in [1.807, 2.05) is 22.9 Å². The fraction of sp³-hybridized carbons (Fsp3) is 0.571. The molecule has 2 aliphatic rings. The third-order valence-corrected chi connectivity index (χ3v) is 8.05. The molecule has 37 heavy (non-hydrogen) atoms. The number of rotatable bonds is 8. The molecule has 9 nitrogen and oxygen atoms in total. The van der Waals surface area contributed by atoms with E-state index in [9.17, 15) is 14.7 Å². The maximum atomic E-state index is 14.1. The minimum absolute atomic E-state index is 0.0419. The van der Waals surface area contributed by atoms with Gasteiger partial charge in [-0.2, -0.15) is 4.98 Å². The molecule has 0 bridgehead atoms. The van der Waals surface area contributed by atoms with Gasteiger partial charge in [0.15, 0.2) is 0 Å².